The molecule has 0 aromatic carbocycles. The van der Waals surface area contributed by atoms with Gasteiger partial charge < -0.3 is 33.8 Å². The summed E-state index contributed by atoms with van der Waals surface area (Å²) in [4.78, 5) is 72.5. The highest BCUT2D eigenvalue weighted by Gasteiger charge is 2.30. The van der Waals surface area contributed by atoms with Crippen LogP contribution in [0, 0.1) is 11.8 Å². The van der Waals surface area contributed by atoms with Gasteiger partial charge in [0.1, 0.15) is 19.3 Å². The van der Waals surface area contributed by atoms with E-state index in [1.807, 2.05) is 0 Å². The fourth-order valence-electron chi connectivity index (χ4n) is 10.4. The van der Waals surface area contributed by atoms with E-state index >= 15 is 0 Å². The molecule has 0 amide bonds. The van der Waals surface area contributed by atoms with E-state index in [0.29, 0.717) is 31.6 Å². The molecular formula is C69H134O17P2. The minimum Gasteiger partial charge on any atom is -0.462 e. The monoisotopic (exact) mass is 1300 g/mol. The van der Waals surface area contributed by atoms with Crippen LogP contribution >= 0.6 is 15.6 Å². The highest BCUT2D eigenvalue weighted by molar-refractivity contribution is 7.47. The SMILES string of the molecule is CCCCCCCCCCCCCCCCC(=O)OC[C@H](COP(=O)(O)OC[C@@H](O)COP(=O)(O)OC[C@@H](COC(=O)CCCCCCCCC(C)CC)OC(=O)CCCCCCCCCC(C)C)OC(=O)CCCCCCCCCCCCCCCC. The quantitative estimate of drug-likeness (QED) is 0.0222. The smallest absolute Gasteiger partial charge is 0.462 e. The summed E-state index contributed by atoms with van der Waals surface area (Å²) < 4.78 is 68.2. The molecule has 0 radical (unpaired) electrons. The van der Waals surface area contributed by atoms with Crippen LogP contribution in [0.25, 0.3) is 0 Å². The van der Waals surface area contributed by atoms with Gasteiger partial charge in [0.25, 0.3) is 0 Å². The minimum absolute atomic E-state index is 0.103. The van der Waals surface area contributed by atoms with E-state index in [4.69, 9.17) is 37.0 Å². The molecule has 0 saturated heterocycles. The van der Waals surface area contributed by atoms with E-state index in [0.717, 1.165) is 102 Å². The summed E-state index contributed by atoms with van der Waals surface area (Å²) in [5, 5.41) is 10.6. The number of aliphatic hydroxyl groups excluding tert-OH is 1. The topological polar surface area (TPSA) is 237 Å². The Morgan fingerprint density at radius 3 is 0.864 bits per heavy atom. The van der Waals surface area contributed by atoms with Crippen molar-refractivity contribution < 1.29 is 80.2 Å². The summed E-state index contributed by atoms with van der Waals surface area (Å²) >= 11 is 0. The first-order valence-electron chi connectivity index (χ1n) is 36.0. The standard InChI is InChI=1S/C69H134O17P2/c1-7-10-12-14-16-18-20-22-24-26-28-32-39-45-51-66(71)79-57-64(85-68(73)53-47-41-33-29-27-25-23-21-19-17-15-13-11-8-2)59-83-87(75,76)81-55-63(70)56-82-88(77,78)84-60-65(86-69(74)54-48-42-34-30-31-37-43-49-61(4)5)58-80-67(72)52-46-40-36-35-38-44-50-62(6)9-3/h61-65,70H,7-60H2,1-6H3,(H,75,76)(H,77,78)/t62?,63-,64-,65-/m1/s1. The first kappa shape index (κ1) is 86.1. The van der Waals surface area contributed by atoms with Crippen molar-refractivity contribution in [3.8, 4) is 0 Å². The zero-order valence-corrected chi connectivity index (χ0v) is 58.8. The Balaban J connectivity index is 5.25. The van der Waals surface area contributed by atoms with Crippen LogP contribution < -0.4 is 0 Å². The maximum Gasteiger partial charge on any atom is 0.472 e. The van der Waals surface area contributed by atoms with Crippen molar-refractivity contribution in [1.82, 2.24) is 0 Å². The van der Waals surface area contributed by atoms with E-state index in [-0.39, 0.29) is 25.7 Å². The Labute approximate surface area is 537 Å². The maximum absolute atomic E-state index is 13.0. The number of phosphoric acid groups is 2. The van der Waals surface area contributed by atoms with Crippen LogP contribution in [-0.4, -0.2) is 96.7 Å². The van der Waals surface area contributed by atoms with Crippen molar-refractivity contribution in [2.75, 3.05) is 39.6 Å². The number of rotatable bonds is 68. The van der Waals surface area contributed by atoms with Gasteiger partial charge in [0.2, 0.25) is 0 Å². The summed E-state index contributed by atoms with van der Waals surface area (Å²) in [5.41, 5.74) is 0. The zero-order chi connectivity index (χ0) is 65.0. The maximum atomic E-state index is 13.0. The van der Waals surface area contributed by atoms with Crippen LogP contribution in [0.4, 0.5) is 0 Å². The lowest BCUT2D eigenvalue weighted by Gasteiger charge is -2.21. The van der Waals surface area contributed by atoms with Crippen molar-refractivity contribution in [1.29, 1.82) is 0 Å². The first-order chi connectivity index (χ1) is 42.4. The Kier molecular flexibility index (Phi) is 59.9. The third kappa shape index (κ3) is 61.6. The van der Waals surface area contributed by atoms with E-state index < -0.39 is 97.5 Å². The van der Waals surface area contributed by atoms with Crippen LogP contribution in [0.1, 0.15) is 350 Å². The van der Waals surface area contributed by atoms with Gasteiger partial charge in [-0.05, 0) is 37.5 Å². The van der Waals surface area contributed by atoms with E-state index in [2.05, 4.69) is 41.5 Å². The minimum atomic E-state index is -4.95. The fourth-order valence-corrected chi connectivity index (χ4v) is 12.0. The molecule has 3 N–H and O–H groups in total. The molecular weight excluding hydrogens is 1160 g/mol. The molecule has 0 rings (SSSR count). The molecule has 522 valence electrons. The lowest BCUT2D eigenvalue weighted by molar-refractivity contribution is -0.161. The van der Waals surface area contributed by atoms with Gasteiger partial charge in [-0.2, -0.15) is 0 Å². The number of carbonyl (C=O) groups is 4. The second-order valence-electron chi connectivity index (χ2n) is 25.6. The second kappa shape index (κ2) is 61.3. The summed E-state index contributed by atoms with van der Waals surface area (Å²) in [7, 11) is -9.90. The number of hydrogen-bond acceptors (Lipinski definition) is 15. The van der Waals surface area contributed by atoms with E-state index in [1.165, 1.54) is 161 Å². The van der Waals surface area contributed by atoms with Crippen LogP contribution in [0.3, 0.4) is 0 Å². The number of esters is 4. The third-order valence-electron chi connectivity index (χ3n) is 16.3. The van der Waals surface area contributed by atoms with Gasteiger partial charge in [-0.3, -0.25) is 37.3 Å². The summed E-state index contributed by atoms with van der Waals surface area (Å²) in [5.74, 6) is -0.700. The average Bonchev–Trinajstić information content (AvgIpc) is 3.54. The number of phosphoric ester groups is 2. The van der Waals surface area contributed by atoms with Gasteiger partial charge in [0, 0.05) is 25.7 Å². The molecule has 0 aromatic rings. The lowest BCUT2D eigenvalue weighted by Crippen LogP contribution is -2.30. The average molecular weight is 1300 g/mol. The first-order valence-corrected chi connectivity index (χ1v) is 39.0. The fraction of sp³-hybridized carbons (Fsp3) is 0.942. The van der Waals surface area contributed by atoms with Crippen LogP contribution in [-0.2, 0) is 65.4 Å². The third-order valence-corrected chi connectivity index (χ3v) is 18.2. The van der Waals surface area contributed by atoms with Crippen molar-refractivity contribution in [3.63, 3.8) is 0 Å². The van der Waals surface area contributed by atoms with Gasteiger partial charge in [-0.1, -0.05) is 298 Å². The summed E-state index contributed by atoms with van der Waals surface area (Å²) in [6.07, 6.45) is 45.9. The van der Waals surface area contributed by atoms with Crippen LogP contribution in [0.15, 0.2) is 0 Å². The normalized spacial score (nSPS) is 14.5. The van der Waals surface area contributed by atoms with Crippen molar-refractivity contribution in [2.24, 2.45) is 11.8 Å². The number of carbonyl (C=O) groups excluding carboxylic acids is 4. The molecule has 0 heterocycles. The molecule has 0 saturated carbocycles. The Morgan fingerprint density at radius 2 is 0.580 bits per heavy atom. The second-order valence-corrected chi connectivity index (χ2v) is 28.5. The van der Waals surface area contributed by atoms with Gasteiger partial charge in [0.15, 0.2) is 12.2 Å². The van der Waals surface area contributed by atoms with Gasteiger partial charge in [-0.25, -0.2) is 9.13 Å². The van der Waals surface area contributed by atoms with Crippen molar-refractivity contribution in [3.05, 3.63) is 0 Å². The number of ether oxygens (including phenoxy) is 4. The molecule has 0 aliphatic rings. The summed E-state index contributed by atoms with van der Waals surface area (Å²) in [6, 6.07) is 0. The van der Waals surface area contributed by atoms with Crippen LogP contribution in [0.5, 0.6) is 0 Å². The van der Waals surface area contributed by atoms with Crippen molar-refractivity contribution >= 4 is 39.5 Å². The molecule has 0 bridgehead atoms. The molecule has 3 unspecified atom stereocenters. The molecule has 88 heavy (non-hydrogen) atoms. The predicted molar refractivity (Wildman–Crippen MR) is 354 cm³/mol. The number of aliphatic hydroxyl groups is 1. The molecule has 19 heteroatoms. The lowest BCUT2D eigenvalue weighted by atomic mass is 10.00. The molecule has 0 aliphatic carbocycles. The molecule has 0 aromatic heterocycles. The van der Waals surface area contributed by atoms with Crippen LogP contribution in [0.2, 0.25) is 0 Å². The molecule has 0 fully saturated rings. The Bertz CT molecular complexity index is 1720. The van der Waals surface area contributed by atoms with Crippen molar-refractivity contribution in [2.45, 2.75) is 368 Å². The highest BCUT2D eigenvalue weighted by Crippen LogP contribution is 2.45. The predicted octanol–water partition coefficient (Wildman–Crippen LogP) is 19.6. The number of unbranched alkanes of at least 4 members (excludes halogenated alkanes) is 37. The highest BCUT2D eigenvalue weighted by atomic mass is 31.2. The number of hydrogen-bond donors (Lipinski definition) is 3. The Hall–Kier alpha value is -1.94. The molecule has 0 spiro atoms. The summed E-state index contributed by atoms with van der Waals surface area (Å²) in [6.45, 7) is 9.44. The van der Waals surface area contributed by atoms with Gasteiger partial charge in [-0.15, -0.1) is 0 Å². The van der Waals surface area contributed by atoms with Gasteiger partial charge >= 0.3 is 39.5 Å². The van der Waals surface area contributed by atoms with Gasteiger partial charge in [0.05, 0.1) is 26.4 Å². The Morgan fingerprint density at radius 1 is 0.330 bits per heavy atom. The van der Waals surface area contributed by atoms with E-state index in [1.54, 1.807) is 0 Å². The largest absolute Gasteiger partial charge is 0.472 e. The van der Waals surface area contributed by atoms with E-state index in [9.17, 15) is 43.2 Å². The molecule has 6 atom stereocenters. The molecule has 0 aliphatic heterocycles. The molecule has 17 nitrogen and oxygen atoms in total. The zero-order valence-electron chi connectivity index (χ0n) is 57.0.